The van der Waals surface area contributed by atoms with Crippen LogP contribution in [0.2, 0.25) is 0 Å². The van der Waals surface area contributed by atoms with Crippen LogP contribution in [0.4, 0.5) is 0 Å². The van der Waals surface area contributed by atoms with Crippen molar-refractivity contribution >= 4 is 10.9 Å². The van der Waals surface area contributed by atoms with Gasteiger partial charge in [0.2, 0.25) is 0 Å². The van der Waals surface area contributed by atoms with Crippen LogP contribution < -0.4 is 5.32 Å². The lowest BCUT2D eigenvalue weighted by Crippen LogP contribution is -2.37. The maximum absolute atomic E-state index is 3.57. The molecule has 1 aliphatic rings. The fourth-order valence-electron chi connectivity index (χ4n) is 2.97. The third kappa shape index (κ3) is 3.41. The second-order valence-corrected chi connectivity index (χ2v) is 6.10. The zero-order chi connectivity index (χ0) is 13.8. The highest BCUT2D eigenvalue weighted by molar-refractivity contribution is 5.79. The number of likely N-dealkylation sites (tertiary alicyclic amines) is 1. The van der Waals surface area contributed by atoms with Crippen LogP contribution in [0.1, 0.15) is 25.3 Å². The average molecular weight is 271 g/mol. The number of hydrogen-bond donors (Lipinski definition) is 2. The Balaban J connectivity index is 1.41. The predicted octanol–water partition coefficient (Wildman–Crippen LogP) is 2.99. The van der Waals surface area contributed by atoms with E-state index >= 15 is 0 Å². The zero-order valence-electron chi connectivity index (χ0n) is 12.4. The Morgan fingerprint density at radius 3 is 2.95 bits per heavy atom. The third-order valence-electron chi connectivity index (χ3n) is 4.43. The maximum Gasteiger partial charge on any atom is 0.0454 e. The van der Waals surface area contributed by atoms with Gasteiger partial charge < -0.3 is 15.2 Å². The summed E-state index contributed by atoms with van der Waals surface area (Å²) in [6, 6.07) is 8.77. The SMILES string of the molecule is CC1CCN(CCNCc2ccc3[nH]ccc3c2)CC1. The number of fused-ring (bicyclic) bond motifs is 1. The largest absolute Gasteiger partial charge is 0.361 e. The van der Waals surface area contributed by atoms with E-state index in [1.807, 2.05) is 6.20 Å². The summed E-state index contributed by atoms with van der Waals surface area (Å²) in [5.74, 6) is 0.923. The molecule has 20 heavy (non-hydrogen) atoms. The zero-order valence-corrected chi connectivity index (χ0v) is 12.4. The number of hydrogen-bond acceptors (Lipinski definition) is 2. The molecule has 0 spiro atoms. The van der Waals surface area contributed by atoms with E-state index in [-0.39, 0.29) is 0 Å². The Hall–Kier alpha value is -1.32. The monoisotopic (exact) mass is 271 g/mol. The lowest BCUT2D eigenvalue weighted by molar-refractivity contribution is 0.193. The summed E-state index contributed by atoms with van der Waals surface area (Å²) in [5.41, 5.74) is 2.58. The molecule has 2 N–H and O–H groups in total. The Kier molecular flexibility index (Phi) is 4.38. The third-order valence-corrected chi connectivity index (χ3v) is 4.43. The highest BCUT2D eigenvalue weighted by Gasteiger charge is 2.14. The lowest BCUT2D eigenvalue weighted by Gasteiger charge is -2.30. The Morgan fingerprint density at radius 1 is 1.25 bits per heavy atom. The number of aromatic amines is 1. The van der Waals surface area contributed by atoms with Crippen molar-refractivity contribution < 1.29 is 0 Å². The highest BCUT2D eigenvalue weighted by atomic mass is 15.1. The number of aromatic nitrogens is 1. The van der Waals surface area contributed by atoms with Crippen molar-refractivity contribution in [2.75, 3.05) is 26.2 Å². The fourth-order valence-corrected chi connectivity index (χ4v) is 2.97. The van der Waals surface area contributed by atoms with Crippen LogP contribution >= 0.6 is 0 Å². The summed E-state index contributed by atoms with van der Waals surface area (Å²) >= 11 is 0. The van der Waals surface area contributed by atoms with Crippen molar-refractivity contribution in [1.29, 1.82) is 0 Å². The van der Waals surface area contributed by atoms with Gasteiger partial charge in [-0.3, -0.25) is 0 Å². The number of rotatable bonds is 5. The van der Waals surface area contributed by atoms with Gasteiger partial charge in [-0.05, 0) is 61.0 Å². The van der Waals surface area contributed by atoms with Gasteiger partial charge in [-0.25, -0.2) is 0 Å². The first-order chi connectivity index (χ1) is 9.81. The van der Waals surface area contributed by atoms with E-state index in [2.05, 4.69) is 46.4 Å². The Morgan fingerprint density at radius 2 is 2.10 bits per heavy atom. The van der Waals surface area contributed by atoms with Gasteiger partial charge in [0.1, 0.15) is 0 Å². The summed E-state index contributed by atoms with van der Waals surface area (Å²) in [5, 5.41) is 4.87. The van der Waals surface area contributed by atoms with E-state index in [1.165, 1.54) is 48.9 Å². The van der Waals surface area contributed by atoms with Gasteiger partial charge in [0.25, 0.3) is 0 Å². The van der Waals surface area contributed by atoms with Crippen LogP contribution in [0.3, 0.4) is 0 Å². The van der Waals surface area contributed by atoms with E-state index < -0.39 is 0 Å². The average Bonchev–Trinajstić information content (AvgIpc) is 2.93. The molecule has 0 bridgehead atoms. The number of nitrogens with zero attached hydrogens (tertiary/aromatic N) is 1. The molecule has 108 valence electrons. The molecule has 1 aromatic heterocycles. The normalized spacial score (nSPS) is 17.9. The number of benzene rings is 1. The predicted molar refractivity (Wildman–Crippen MR) is 84.8 cm³/mol. The molecule has 2 aromatic rings. The van der Waals surface area contributed by atoms with Gasteiger partial charge in [-0.1, -0.05) is 13.0 Å². The minimum absolute atomic E-state index is 0.923. The fraction of sp³-hybridized carbons (Fsp3) is 0.529. The molecule has 2 heterocycles. The molecule has 0 saturated carbocycles. The van der Waals surface area contributed by atoms with Crippen molar-refractivity contribution in [2.24, 2.45) is 5.92 Å². The molecule has 3 rings (SSSR count). The second-order valence-electron chi connectivity index (χ2n) is 6.10. The standard InChI is InChI=1S/C17H25N3/c1-14-5-9-20(10-6-14)11-8-18-13-15-2-3-17-16(12-15)4-7-19-17/h2-4,7,12,14,18-19H,5-6,8-11,13H2,1H3. The molecule has 1 aliphatic heterocycles. The summed E-state index contributed by atoms with van der Waals surface area (Å²) in [6.45, 7) is 8.15. The molecule has 3 nitrogen and oxygen atoms in total. The van der Waals surface area contributed by atoms with Crippen molar-refractivity contribution in [3.05, 3.63) is 36.0 Å². The van der Waals surface area contributed by atoms with Crippen LogP contribution in [0.15, 0.2) is 30.5 Å². The first-order valence-electron chi connectivity index (χ1n) is 7.80. The van der Waals surface area contributed by atoms with Crippen LogP contribution in [0.5, 0.6) is 0 Å². The van der Waals surface area contributed by atoms with E-state index in [4.69, 9.17) is 0 Å². The van der Waals surface area contributed by atoms with Gasteiger partial charge in [-0.15, -0.1) is 0 Å². The quantitative estimate of drug-likeness (QED) is 0.819. The van der Waals surface area contributed by atoms with Crippen molar-refractivity contribution in [3.8, 4) is 0 Å². The van der Waals surface area contributed by atoms with E-state index in [0.717, 1.165) is 19.0 Å². The van der Waals surface area contributed by atoms with Crippen LogP contribution in [-0.4, -0.2) is 36.1 Å². The maximum atomic E-state index is 3.57. The van der Waals surface area contributed by atoms with Crippen molar-refractivity contribution in [3.63, 3.8) is 0 Å². The first kappa shape index (κ1) is 13.7. The molecule has 0 radical (unpaired) electrons. The van der Waals surface area contributed by atoms with Crippen LogP contribution in [0.25, 0.3) is 10.9 Å². The smallest absolute Gasteiger partial charge is 0.0454 e. The van der Waals surface area contributed by atoms with Crippen LogP contribution in [0, 0.1) is 5.92 Å². The van der Waals surface area contributed by atoms with E-state index in [9.17, 15) is 0 Å². The lowest BCUT2D eigenvalue weighted by atomic mass is 9.99. The van der Waals surface area contributed by atoms with Gasteiger partial charge in [0.15, 0.2) is 0 Å². The Bertz CT molecular complexity index is 538. The summed E-state index contributed by atoms with van der Waals surface area (Å²) in [7, 11) is 0. The minimum atomic E-state index is 0.923. The summed E-state index contributed by atoms with van der Waals surface area (Å²) in [6.07, 6.45) is 4.73. The van der Waals surface area contributed by atoms with Gasteiger partial charge in [-0.2, -0.15) is 0 Å². The van der Waals surface area contributed by atoms with E-state index in [0.29, 0.717) is 0 Å². The molecule has 3 heteroatoms. The van der Waals surface area contributed by atoms with Gasteiger partial charge in [0.05, 0.1) is 0 Å². The summed E-state index contributed by atoms with van der Waals surface area (Å²) in [4.78, 5) is 5.82. The Labute approximate surface area is 121 Å². The molecule has 0 aliphatic carbocycles. The molecule has 0 unspecified atom stereocenters. The molecule has 1 saturated heterocycles. The molecule has 1 aromatic carbocycles. The van der Waals surface area contributed by atoms with Crippen LogP contribution in [-0.2, 0) is 6.54 Å². The minimum Gasteiger partial charge on any atom is -0.361 e. The number of nitrogens with one attached hydrogen (secondary N) is 2. The first-order valence-corrected chi connectivity index (χ1v) is 7.80. The highest BCUT2D eigenvalue weighted by Crippen LogP contribution is 2.15. The second kappa shape index (κ2) is 6.42. The van der Waals surface area contributed by atoms with E-state index in [1.54, 1.807) is 0 Å². The number of H-pyrrole nitrogens is 1. The summed E-state index contributed by atoms with van der Waals surface area (Å²) < 4.78 is 0. The molecule has 0 atom stereocenters. The van der Waals surface area contributed by atoms with Crippen molar-refractivity contribution in [2.45, 2.75) is 26.3 Å². The molecule has 0 amide bonds. The number of piperidine rings is 1. The molecule has 1 fully saturated rings. The van der Waals surface area contributed by atoms with Crippen molar-refractivity contribution in [1.82, 2.24) is 15.2 Å². The molecular weight excluding hydrogens is 246 g/mol. The van der Waals surface area contributed by atoms with Gasteiger partial charge >= 0.3 is 0 Å². The molecular formula is C17H25N3. The topological polar surface area (TPSA) is 31.1 Å². The van der Waals surface area contributed by atoms with Gasteiger partial charge in [0, 0.05) is 31.3 Å².